The maximum Gasteiger partial charge on any atom is 0.159 e. The number of aliphatic hydroxyl groups is 2. The number of fused-ring (bicyclic) bond motifs is 1. The molecule has 0 fully saturated rings. The number of Topliss-reactive ketones (excluding diaryl/α,β-unsaturated/α-hetero) is 1. The van der Waals surface area contributed by atoms with E-state index in [9.17, 15) is 15.0 Å². The van der Waals surface area contributed by atoms with Crippen molar-refractivity contribution in [1.82, 2.24) is 0 Å². The lowest BCUT2D eigenvalue weighted by Gasteiger charge is -2.22. The first-order chi connectivity index (χ1) is 7.09. The van der Waals surface area contributed by atoms with Crippen LogP contribution in [0.2, 0.25) is 0 Å². The largest absolute Gasteiger partial charge is 0.386 e. The highest BCUT2D eigenvalue weighted by molar-refractivity contribution is 5.94. The molecule has 3 nitrogen and oxygen atoms in total. The highest BCUT2D eigenvalue weighted by Crippen LogP contribution is 2.28. The fourth-order valence-corrected chi connectivity index (χ4v) is 1.69. The van der Waals surface area contributed by atoms with Crippen LogP contribution < -0.4 is 0 Å². The number of benzene rings is 1. The van der Waals surface area contributed by atoms with Crippen molar-refractivity contribution in [3.05, 3.63) is 41.0 Å². The molecule has 1 aromatic carbocycles. The van der Waals surface area contributed by atoms with E-state index in [1.807, 2.05) is 0 Å². The summed E-state index contributed by atoms with van der Waals surface area (Å²) in [7, 11) is 0. The number of rotatable bonds is 1. The van der Waals surface area contributed by atoms with Crippen molar-refractivity contribution < 1.29 is 15.0 Å². The molecule has 1 aromatic rings. The van der Waals surface area contributed by atoms with Gasteiger partial charge in [0.25, 0.3) is 0 Å². The van der Waals surface area contributed by atoms with E-state index in [0.717, 1.165) is 5.56 Å². The van der Waals surface area contributed by atoms with Crippen LogP contribution in [-0.4, -0.2) is 22.1 Å². The third kappa shape index (κ3) is 1.71. The van der Waals surface area contributed by atoms with Gasteiger partial charge in [-0.15, -0.1) is 0 Å². The van der Waals surface area contributed by atoms with E-state index in [0.29, 0.717) is 11.1 Å². The summed E-state index contributed by atoms with van der Waals surface area (Å²) >= 11 is 0. The van der Waals surface area contributed by atoms with Crippen LogP contribution in [0.15, 0.2) is 24.3 Å². The van der Waals surface area contributed by atoms with E-state index < -0.39 is 12.2 Å². The van der Waals surface area contributed by atoms with Gasteiger partial charge in [0.15, 0.2) is 5.78 Å². The van der Waals surface area contributed by atoms with E-state index in [2.05, 4.69) is 0 Å². The highest BCUT2D eigenvalue weighted by Gasteiger charge is 2.22. The van der Waals surface area contributed by atoms with Crippen LogP contribution in [0.5, 0.6) is 0 Å². The second-order valence-corrected chi connectivity index (χ2v) is 3.69. The molecule has 0 spiro atoms. The SMILES string of the molecule is CC(=O)c1ccc2c(c1)C(O)C(O)C=C2. The zero-order valence-corrected chi connectivity index (χ0v) is 8.34. The number of carbonyl (C=O) groups excluding carboxylic acids is 1. The maximum atomic E-state index is 11.2. The average Bonchev–Trinajstić information content (AvgIpc) is 2.23. The summed E-state index contributed by atoms with van der Waals surface area (Å²) in [5, 5.41) is 19.2. The topological polar surface area (TPSA) is 57.5 Å². The van der Waals surface area contributed by atoms with Crippen molar-refractivity contribution in [2.24, 2.45) is 0 Å². The van der Waals surface area contributed by atoms with Gasteiger partial charge in [-0.25, -0.2) is 0 Å². The van der Waals surface area contributed by atoms with Crippen molar-refractivity contribution in [3.63, 3.8) is 0 Å². The van der Waals surface area contributed by atoms with Gasteiger partial charge in [0, 0.05) is 5.56 Å². The van der Waals surface area contributed by atoms with E-state index in [1.165, 1.54) is 6.92 Å². The normalized spacial score (nSPS) is 23.7. The van der Waals surface area contributed by atoms with Crippen molar-refractivity contribution >= 4 is 11.9 Å². The van der Waals surface area contributed by atoms with Gasteiger partial charge in [0.05, 0.1) is 0 Å². The van der Waals surface area contributed by atoms with E-state index >= 15 is 0 Å². The lowest BCUT2D eigenvalue weighted by atomic mass is 9.91. The molecule has 0 aliphatic heterocycles. The Labute approximate surface area is 87.7 Å². The van der Waals surface area contributed by atoms with Crippen LogP contribution in [0.4, 0.5) is 0 Å². The standard InChI is InChI=1S/C12H12O3/c1-7(13)9-3-2-8-4-5-11(14)12(15)10(8)6-9/h2-6,11-12,14-15H,1H3. The first-order valence-electron chi connectivity index (χ1n) is 4.79. The summed E-state index contributed by atoms with van der Waals surface area (Å²) in [4.78, 5) is 11.2. The van der Waals surface area contributed by atoms with Gasteiger partial charge in [-0.1, -0.05) is 24.3 Å². The summed E-state index contributed by atoms with van der Waals surface area (Å²) in [6.07, 6.45) is 1.46. The van der Waals surface area contributed by atoms with Crippen LogP contribution in [-0.2, 0) is 0 Å². The number of hydrogen-bond donors (Lipinski definition) is 2. The molecule has 0 saturated carbocycles. The maximum absolute atomic E-state index is 11.2. The summed E-state index contributed by atoms with van der Waals surface area (Å²) in [5.74, 6) is -0.0472. The minimum Gasteiger partial charge on any atom is -0.386 e. The zero-order chi connectivity index (χ0) is 11.0. The molecule has 2 rings (SSSR count). The molecule has 15 heavy (non-hydrogen) atoms. The minimum atomic E-state index is -0.940. The van der Waals surface area contributed by atoms with Gasteiger partial charge in [0.1, 0.15) is 12.2 Å². The van der Waals surface area contributed by atoms with E-state index in [4.69, 9.17) is 0 Å². The van der Waals surface area contributed by atoms with Crippen LogP contribution in [0, 0.1) is 0 Å². The summed E-state index contributed by atoms with van der Waals surface area (Å²) < 4.78 is 0. The Kier molecular flexibility index (Phi) is 2.42. The van der Waals surface area contributed by atoms with E-state index in [-0.39, 0.29) is 5.78 Å². The number of aliphatic hydroxyl groups excluding tert-OH is 2. The Morgan fingerprint density at radius 3 is 2.73 bits per heavy atom. The van der Waals surface area contributed by atoms with Gasteiger partial charge >= 0.3 is 0 Å². The molecule has 2 N–H and O–H groups in total. The number of ketones is 1. The summed E-state index contributed by atoms with van der Waals surface area (Å²) in [5.41, 5.74) is 2.01. The Bertz CT molecular complexity index is 434. The van der Waals surface area contributed by atoms with Crippen molar-refractivity contribution in [3.8, 4) is 0 Å². The quantitative estimate of drug-likeness (QED) is 0.678. The first kappa shape index (κ1) is 10.1. The number of hydrogen-bond acceptors (Lipinski definition) is 3. The van der Waals surface area contributed by atoms with Crippen LogP contribution in [0.25, 0.3) is 6.08 Å². The van der Waals surface area contributed by atoms with Gasteiger partial charge in [-0.3, -0.25) is 4.79 Å². The molecular weight excluding hydrogens is 192 g/mol. The zero-order valence-electron chi connectivity index (χ0n) is 8.34. The molecule has 0 aromatic heterocycles. The third-order valence-electron chi connectivity index (χ3n) is 2.61. The lowest BCUT2D eigenvalue weighted by molar-refractivity contribution is 0.0469. The fourth-order valence-electron chi connectivity index (χ4n) is 1.69. The smallest absolute Gasteiger partial charge is 0.159 e. The molecular formula is C12H12O3. The molecule has 0 amide bonds. The Morgan fingerprint density at radius 1 is 1.33 bits per heavy atom. The predicted octanol–water partition coefficient (Wildman–Crippen LogP) is 1.31. The minimum absolute atomic E-state index is 0.0472. The Balaban J connectivity index is 2.52. The molecule has 0 heterocycles. The Morgan fingerprint density at radius 2 is 2.07 bits per heavy atom. The molecule has 0 bridgehead atoms. The van der Waals surface area contributed by atoms with Gasteiger partial charge in [0.2, 0.25) is 0 Å². The molecule has 2 atom stereocenters. The van der Waals surface area contributed by atoms with Gasteiger partial charge in [-0.05, 0) is 24.1 Å². The van der Waals surface area contributed by atoms with Crippen LogP contribution >= 0.6 is 0 Å². The van der Waals surface area contributed by atoms with Crippen LogP contribution in [0.3, 0.4) is 0 Å². The van der Waals surface area contributed by atoms with E-state index in [1.54, 1.807) is 30.4 Å². The molecule has 0 radical (unpaired) electrons. The average molecular weight is 204 g/mol. The van der Waals surface area contributed by atoms with Crippen molar-refractivity contribution in [2.45, 2.75) is 19.1 Å². The number of carbonyl (C=O) groups is 1. The predicted molar refractivity (Wildman–Crippen MR) is 56.4 cm³/mol. The molecule has 1 aliphatic carbocycles. The summed E-state index contributed by atoms with van der Waals surface area (Å²) in [6, 6.07) is 5.13. The van der Waals surface area contributed by atoms with Gasteiger partial charge < -0.3 is 10.2 Å². The molecule has 0 saturated heterocycles. The summed E-state index contributed by atoms with van der Waals surface area (Å²) in [6.45, 7) is 1.48. The molecule has 3 heteroatoms. The van der Waals surface area contributed by atoms with Crippen molar-refractivity contribution in [2.75, 3.05) is 0 Å². The molecule has 78 valence electrons. The molecule has 1 aliphatic rings. The van der Waals surface area contributed by atoms with Gasteiger partial charge in [-0.2, -0.15) is 0 Å². The first-order valence-corrected chi connectivity index (χ1v) is 4.79. The van der Waals surface area contributed by atoms with Crippen LogP contribution in [0.1, 0.15) is 34.5 Å². The second kappa shape index (κ2) is 3.61. The van der Waals surface area contributed by atoms with Crippen molar-refractivity contribution in [1.29, 1.82) is 0 Å². The second-order valence-electron chi connectivity index (χ2n) is 3.69. The molecule has 2 unspecified atom stereocenters. The fraction of sp³-hybridized carbons (Fsp3) is 0.250. The highest BCUT2D eigenvalue weighted by atomic mass is 16.3. The lowest BCUT2D eigenvalue weighted by Crippen LogP contribution is -2.19. The monoisotopic (exact) mass is 204 g/mol. The third-order valence-corrected chi connectivity index (χ3v) is 2.61. The Hall–Kier alpha value is -1.45.